The molecule has 1 aromatic heterocycles. The Morgan fingerprint density at radius 2 is 2.54 bits per heavy atom. The largest absolute Gasteiger partial charge is 0.490 e. The van der Waals surface area contributed by atoms with Crippen molar-refractivity contribution in [2.75, 3.05) is 0 Å². The van der Waals surface area contributed by atoms with Gasteiger partial charge in [-0.25, -0.2) is 4.98 Å². The number of hydrogen-bond acceptors (Lipinski definition) is 4. The van der Waals surface area contributed by atoms with Gasteiger partial charge in [-0.15, -0.1) is 11.3 Å². The molecular formula is C9H9NO2S. The average molecular weight is 195 g/mol. The van der Waals surface area contributed by atoms with E-state index in [1.807, 2.05) is 6.92 Å². The molecule has 0 fully saturated rings. The van der Waals surface area contributed by atoms with Gasteiger partial charge in [0.25, 0.3) is 0 Å². The Bertz CT molecular complexity index is 356. The first kappa shape index (κ1) is 8.44. The lowest BCUT2D eigenvalue weighted by molar-refractivity contribution is -0.118. The van der Waals surface area contributed by atoms with Crippen molar-refractivity contribution in [3.05, 3.63) is 28.4 Å². The van der Waals surface area contributed by atoms with Crippen LogP contribution in [0.1, 0.15) is 22.4 Å². The van der Waals surface area contributed by atoms with Gasteiger partial charge in [-0.3, -0.25) is 4.79 Å². The van der Waals surface area contributed by atoms with Gasteiger partial charge >= 0.3 is 0 Å². The molecule has 0 saturated carbocycles. The van der Waals surface area contributed by atoms with Gasteiger partial charge in [0.1, 0.15) is 5.01 Å². The number of ether oxygens (including phenoxy) is 1. The van der Waals surface area contributed by atoms with E-state index in [0.29, 0.717) is 6.42 Å². The van der Waals surface area contributed by atoms with Gasteiger partial charge < -0.3 is 4.74 Å². The number of allylic oxidation sites excluding steroid dienone is 1. The molecule has 1 aliphatic heterocycles. The maximum Gasteiger partial charge on any atom is 0.162 e. The zero-order chi connectivity index (χ0) is 9.26. The predicted octanol–water partition coefficient (Wildman–Crippen LogP) is 2.00. The molecule has 1 aromatic rings. The van der Waals surface area contributed by atoms with Crippen molar-refractivity contribution >= 4 is 17.1 Å². The summed E-state index contributed by atoms with van der Waals surface area (Å²) >= 11 is 1.57. The SMILES string of the molecule is Cc1cnc(C2CC(=O)C=CO2)s1. The van der Waals surface area contributed by atoms with E-state index in [2.05, 4.69) is 4.98 Å². The standard InChI is InChI=1S/C9H9NO2S/c1-6-5-10-9(13-6)8-4-7(11)2-3-12-8/h2-3,5,8H,4H2,1H3. The van der Waals surface area contributed by atoms with Gasteiger partial charge in [0, 0.05) is 17.2 Å². The lowest BCUT2D eigenvalue weighted by Gasteiger charge is -2.15. The number of hydrogen-bond donors (Lipinski definition) is 0. The molecule has 13 heavy (non-hydrogen) atoms. The number of thiazole rings is 1. The van der Waals surface area contributed by atoms with Crippen LogP contribution in [0.2, 0.25) is 0 Å². The van der Waals surface area contributed by atoms with E-state index >= 15 is 0 Å². The number of carbonyl (C=O) groups is 1. The maximum absolute atomic E-state index is 11.1. The van der Waals surface area contributed by atoms with Crippen LogP contribution in [-0.2, 0) is 9.53 Å². The van der Waals surface area contributed by atoms with Crippen LogP contribution in [0, 0.1) is 6.92 Å². The van der Waals surface area contributed by atoms with Gasteiger partial charge in [0.2, 0.25) is 0 Å². The summed E-state index contributed by atoms with van der Waals surface area (Å²) in [6, 6.07) is 0. The second-order valence-electron chi connectivity index (χ2n) is 2.91. The molecule has 0 aliphatic carbocycles. The Hall–Kier alpha value is -1.16. The predicted molar refractivity (Wildman–Crippen MR) is 49.4 cm³/mol. The summed E-state index contributed by atoms with van der Waals surface area (Å²) in [6.07, 6.45) is 4.94. The highest BCUT2D eigenvalue weighted by Gasteiger charge is 2.21. The van der Waals surface area contributed by atoms with Crippen LogP contribution >= 0.6 is 11.3 Å². The molecule has 68 valence electrons. The first-order valence-electron chi connectivity index (χ1n) is 4.03. The number of carbonyl (C=O) groups excluding carboxylic acids is 1. The third kappa shape index (κ3) is 1.78. The fourth-order valence-corrected chi connectivity index (χ4v) is 1.99. The zero-order valence-electron chi connectivity index (χ0n) is 7.19. The van der Waals surface area contributed by atoms with Crippen molar-refractivity contribution in [2.45, 2.75) is 19.4 Å². The van der Waals surface area contributed by atoms with E-state index < -0.39 is 0 Å². The topological polar surface area (TPSA) is 39.2 Å². The highest BCUT2D eigenvalue weighted by molar-refractivity contribution is 7.11. The molecule has 0 saturated heterocycles. The van der Waals surface area contributed by atoms with Crippen molar-refractivity contribution in [1.29, 1.82) is 0 Å². The van der Waals surface area contributed by atoms with Crippen molar-refractivity contribution in [3.63, 3.8) is 0 Å². The van der Waals surface area contributed by atoms with Gasteiger partial charge in [-0.1, -0.05) is 0 Å². The second-order valence-corrected chi connectivity index (χ2v) is 4.17. The van der Waals surface area contributed by atoms with E-state index in [4.69, 9.17) is 4.74 Å². The molecule has 1 atom stereocenters. The molecule has 4 heteroatoms. The molecule has 0 radical (unpaired) electrons. The van der Waals surface area contributed by atoms with Crippen molar-refractivity contribution in [2.24, 2.45) is 0 Å². The molecule has 0 amide bonds. The van der Waals surface area contributed by atoms with Crippen molar-refractivity contribution in [3.8, 4) is 0 Å². The van der Waals surface area contributed by atoms with Crippen LogP contribution in [0.4, 0.5) is 0 Å². The normalized spacial score (nSPS) is 21.6. The van der Waals surface area contributed by atoms with E-state index in [1.54, 1.807) is 17.5 Å². The van der Waals surface area contributed by atoms with E-state index in [0.717, 1.165) is 9.88 Å². The third-order valence-electron chi connectivity index (χ3n) is 1.80. The summed E-state index contributed by atoms with van der Waals surface area (Å²) in [5.74, 6) is 0.101. The lowest BCUT2D eigenvalue weighted by atomic mass is 10.1. The smallest absolute Gasteiger partial charge is 0.162 e. The van der Waals surface area contributed by atoms with Crippen molar-refractivity contribution < 1.29 is 9.53 Å². The van der Waals surface area contributed by atoms with E-state index in [9.17, 15) is 4.79 Å². The second kappa shape index (κ2) is 3.30. The Kier molecular flexibility index (Phi) is 2.14. The molecular weight excluding hydrogens is 186 g/mol. The summed E-state index contributed by atoms with van der Waals surface area (Å²) in [5, 5.41) is 0.884. The molecule has 2 rings (SSSR count). The first-order valence-corrected chi connectivity index (χ1v) is 4.84. The van der Waals surface area contributed by atoms with Gasteiger partial charge in [0.15, 0.2) is 11.9 Å². The third-order valence-corrected chi connectivity index (χ3v) is 2.80. The zero-order valence-corrected chi connectivity index (χ0v) is 8.00. The van der Waals surface area contributed by atoms with Crippen molar-refractivity contribution in [1.82, 2.24) is 4.98 Å². The molecule has 2 heterocycles. The fourth-order valence-electron chi connectivity index (χ4n) is 1.18. The summed E-state index contributed by atoms with van der Waals surface area (Å²) in [6.45, 7) is 1.99. The fraction of sp³-hybridized carbons (Fsp3) is 0.333. The maximum atomic E-state index is 11.1. The molecule has 0 bridgehead atoms. The summed E-state index contributed by atoms with van der Waals surface area (Å²) < 4.78 is 5.29. The van der Waals surface area contributed by atoms with Crippen LogP contribution in [-0.4, -0.2) is 10.8 Å². The minimum Gasteiger partial charge on any atom is -0.490 e. The van der Waals surface area contributed by atoms with Gasteiger partial charge in [-0.05, 0) is 6.92 Å². The highest BCUT2D eigenvalue weighted by atomic mass is 32.1. The number of rotatable bonds is 1. The van der Waals surface area contributed by atoms with Gasteiger partial charge in [-0.2, -0.15) is 0 Å². The first-order chi connectivity index (χ1) is 6.25. The average Bonchev–Trinajstić information content (AvgIpc) is 2.52. The van der Waals surface area contributed by atoms with Crippen LogP contribution < -0.4 is 0 Å². The quantitative estimate of drug-likeness (QED) is 0.688. The van der Waals surface area contributed by atoms with Crippen LogP contribution in [0.25, 0.3) is 0 Å². The van der Waals surface area contributed by atoms with Crippen LogP contribution in [0.3, 0.4) is 0 Å². The van der Waals surface area contributed by atoms with Gasteiger partial charge in [0.05, 0.1) is 12.7 Å². The molecule has 1 unspecified atom stereocenters. The number of aromatic nitrogens is 1. The Balaban J connectivity index is 2.18. The molecule has 3 nitrogen and oxygen atoms in total. The summed E-state index contributed by atoms with van der Waals surface area (Å²) in [5.41, 5.74) is 0. The molecule has 0 N–H and O–H groups in total. The Labute approximate surface area is 80.1 Å². The Morgan fingerprint density at radius 3 is 3.15 bits per heavy atom. The monoisotopic (exact) mass is 195 g/mol. The summed E-state index contributed by atoms with van der Waals surface area (Å²) in [7, 11) is 0. The summed E-state index contributed by atoms with van der Waals surface area (Å²) in [4.78, 5) is 16.4. The Morgan fingerprint density at radius 1 is 1.69 bits per heavy atom. The highest BCUT2D eigenvalue weighted by Crippen LogP contribution is 2.28. The number of nitrogens with zero attached hydrogens (tertiary/aromatic N) is 1. The van der Waals surface area contributed by atoms with Crippen LogP contribution in [0.15, 0.2) is 18.5 Å². The lowest BCUT2D eigenvalue weighted by Crippen LogP contribution is -2.10. The van der Waals surface area contributed by atoms with Crippen LogP contribution in [0.5, 0.6) is 0 Å². The number of ketones is 1. The minimum absolute atomic E-state index is 0.101. The number of aryl methyl sites for hydroxylation is 1. The molecule has 1 aliphatic rings. The van der Waals surface area contributed by atoms with E-state index in [-0.39, 0.29) is 11.9 Å². The molecule has 0 aromatic carbocycles. The minimum atomic E-state index is -0.170. The van der Waals surface area contributed by atoms with E-state index in [1.165, 1.54) is 12.3 Å². The molecule has 0 spiro atoms.